The number of aromatic nitrogens is 2. The Kier molecular flexibility index (Phi) is 5.30. The van der Waals surface area contributed by atoms with Gasteiger partial charge in [-0.05, 0) is 50.8 Å². The van der Waals surface area contributed by atoms with Gasteiger partial charge in [0, 0.05) is 25.3 Å². The van der Waals surface area contributed by atoms with Crippen molar-refractivity contribution >= 4 is 5.91 Å². The van der Waals surface area contributed by atoms with Crippen molar-refractivity contribution in [3.63, 3.8) is 0 Å². The summed E-state index contributed by atoms with van der Waals surface area (Å²) in [6.45, 7) is 5.37. The third-order valence-corrected chi connectivity index (χ3v) is 4.42. The molecule has 1 amide bonds. The fraction of sp³-hybridized carbons (Fsp3) is 0.474. The molecule has 5 heteroatoms. The van der Waals surface area contributed by atoms with Crippen LogP contribution in [0.25, 0.3) is 5.69 Å². The van der Waals surface area contributed by atoms with E-state index in [0.29, 0.717) is 13.0 Å². The zero-order valence-corrected chi connectivity index (χ0v) is 14.4. The largest absolute Gasteiger partial charge is 0.378 e. The van der Waals surface area contributed by atoms with Crippen LogP contribution in [0.1, 0.15) is 42.6 Å². The predicted molar refractivity (Wildman–Crippen MR) is 93.1 cm³/mol. The molecule has 0 saturated carbocycles. The van der Waals surface area contributed by atoms with Gasteiger partial charge in [0.2, 0.25) is 5.91 Å². The molecule has 1 aromatic carbocycles. The SMILES string of the molecule is Cc1cc(C)n(-c2ccccc2CNC(=O)CCC2CCCO2)n1. The highest BCUT2D eigenvalue weighted by molar-refractivity contribution is 5.76. The molecule has 1 N–H and O–H groups in total. The second kappa shape index (κ2) is 7.62. The summed E-state index contributed by atoms with van der Waals surface area (Å²) in [5, 5.41) is 7.57. The van der Waals surface area contributed by atoms with Gasteiger partial charge in [0.25, 0.3) is 0 Å². The predicted octanol–water partition coefficient (Wildman–Crippen LogP) is 3.06. The number of nitrogens with zero attached hydrogens (tertiary/aromatic N) is 2. The topological polar surface area (TPSA) is 56.2 Å². The summed E-state index contributed by atoms with van der Waals surface area (Å²) < 4.78 is 7.50. The van der Waals surface area contributed by atoms with Crippen LogP contribution in [0.2, 0.25) is 0 Å². The molecule has 1 unspecified atom stereocenters. The molecule has 3 rings (SSSR count). The smallest absolute Gasteiger partial charge is 0.220 e. The summed E-state index contributed by atoms with van der Waals surface area (Å²) in [7, 11) is 0. The van der Waals surface area contributed by atoms with Gasteiger partial charge < -0.3 is 10.1 Å². The van der Waals surface area contributed by atoms with Gasteiger partial charge in [0.1, 0.15) is 0 Å². The number of rotatable bonds is 6. The highest BCUT2D eigenvalue weighted by atomic mass is 16.5. The van der Waals surface area contributed by atoms with Crippen molar-refractivity contribution in [1.82, 2.24) is 15.1 Å². The number of hydrogen-bond donors (Lipinski definition) is 1. The third-order valence-electron chi connectivity index (χ3n) is 4.42. The molecular formula is C19H25N3O2. The maximum absolute atomic E-state index is 12.1. The van der Waals surface area contributed by atoms with Crippen LogP contribution < -0.4 is 5.32 Å². The van der Waals surface area contributed by atoms with Gasteiger partial charge in [0.05, 0.1) is 17.5 Å². The first-order valence-corrected chi connectivity index (χ1v) is 8.63. The van der Waals surface area contributed by atoms with Crippen LogP contribution in [0.15, 0.2) is 30.3 Å². The number of hydrogen-bond acceptors (Lipinski definition) is 3. The Morgan fingerprint density at radius 2 is 2.21 bits per heavy atom. The molecule has 0 aliphatic carbocycles. The summed E-state index contributed by atoms with van der Waals surface area (Å²) in [6, 6.07) is 10.1. The number of ether oxygens (including phenoxy) is 1. The van der Waals surface area contributed by atoms with E-state index in [1.165, 1.54) is 0 Å². The second-order valence-electron chi connectivity index (χ2n) is 6.42. The van der Waals surface area contributed by atoms with Gasteiger partial charge >= 0.3 is 0 Å². The summed E-state index contributed by atoms with van der Waals surface area (Å²) >= 11 is 0. The molecule has 0 spiro atoms. The lowest BCUT2D eigenvalue weighted by molar-refractivity contribution is -0.121. The summed E-state index contributed by atoms with van der Waals surface area (Å²) in [5.74, 6) is 0.0775. The molecule has 1 aliphatic rings. The lowest BCUT2D eigenvalue weighted by Crippen LogP contribution is -2.24. The number of benzene rings is 1. The fourth-order valence-electron chi connectivity index (χ4n) is 3.19. The number of nitrogens with one attached hydrogen (secondary N) is 1. The van der Waals surface area contributed by atoms with Crippen molar-refractivity contribution in [3.8, 4) is 5.69 Å². The minimum atomic E-state index is 0.0775. The Hall–Kier alpha value is -2.14. The van der Waals surface area contributed by atoms with Crippen molar-refractivity contribution in [2.75, 3.05) is 6.61 Å². The third kappa shape index (κ3) is 4.03. The van der Waals surface area contributed by atoms with Gasteiger partial charge in [-0.1, -0.05) is 18.2 Å². The quantitative estimate of drug-likeness (QED) is 0.887. The molecule has 1 aromatic heterocycles. The van der Waals surface area contributed by atoms with Gasteiger partial charge in [-0.3, -0.25) is 4.79 Å². The first-order valence-electron chi connectivity index (χ1n) is 8.63. The number of carbonyl (C=O) groups excluding carboxylic acids is 1. The standard InChI is InChI=1S/C19H25N3O2/c1-14-12-15(2)22(21-14)18-8-4-3-6-16(18)13-20-19(23)10-9-17-7-5-11-24-17/h3-4,6,8,12,17H,5,7,9-11,13H2,1-2H3,(H,20,23). The van der Waals surface area contributed by atoms with E-state index >= 15 is 0 Å². The Balaban J connectivity index is 1.61. The van der Waals surface area contributed by atoms with Crippen molar-refractivity contribution in [1.29, 1.82) is 0 Å². The Morgan fingerprint density at radius 1 is 1.38 bits per heavy atom. The molecule has 128 valence electrons. The first kappa shape index (κ1) is 16.7. The minimum Gasteiger partial charge on any atom is -0.378 e. The molecule has 1 atom stereocenters. The van der Waals surface area contributed by atoms with Crippen LogP contribution in [-0.2, 0) is 16.1 Å². The number of amides is 1. The van der Waals surface area contributed by atoms with Crippen molar-refractivity contribution < 1.29 is 9.53 Å². The summed E-state index contributed by atoms with van der Waals surface area (Å²) in [4.78, 5) is 12.1. The molecule has 24 heavy (non-hydrogen) atoms. The summed E-state index contributed by atoms with van der Waals surface area (Å²) in [5.41, 5.74) is 4.16. The molecule has 1 saturated heterocycles. The van der Waals surface area contributed by atoms with Crippen molar-refractivity contribution in [2.24, 2.45) is 0 Å². The van der Waals surface area contributed by atoms with Crippen molar-refractivity contribution in [3.05, 3.63) is 47.3 Å². The van der Waals surface area contributed by atoms with Gasteiger partial charge in [-0.2, -0.15) is 5.10 Å². The Labute approximate surface area is 143 Å². The Bertz CT molecular complexity index is 702. The molecule has 0 radical (unpaired) electrons. The number of carbonyl (C=O) groups is 1. The average molecular weight is 327 g/mol. The van der Waals surface area contributed by atoms with E-state index in [9.17, 15) is 4.79 Å². The van der Waals surface area contributed by atoms with Crippen LogP contribution in [0.5, 0.6) is 0 Å². The van der Waals surface area contributed by atoms with E-state index < -0.39 is 0 Å². The number of aryl methyl sites for hydroxylation is 2. The molecule has 0 bridgehead atoms. The maximum Gasteiger partial charge on any atom is 0.220 e. The van der Waals surface area contributed by atoms with E-state index in [-0.39, 0.29) is 12.0 Å². The lowest BCUT2D eigenvalue weighted by atomic mass is 10.1. The monoisotopic (exact) mass is 327 g/mol. The molecule has 2 heterocycles. The Morgan fingerprint density at radius 3 is 2.92 bits per heavy atom. The normalized spacial score (nSPS) is 17.2. The zero-order valence-electron chi connectivity index (χ0n) is 14.4. The molecule has 1 fully saturated rings. The van der Waals surface area contributed by atoms with Gasteiger partial charge in [-0.25, -0.2) is 4.68 Å². The average Bonchev–Trinajstić information content (AvgIpc) is 3.20. The molecular weight excluding hydrogens is 302 g/mol. The van der Waals surface area contributed by atoms with Crippen LogP contribution in [0.3, 0.4) is 0 Å². The van der Waals surface area contributed by atoms with Crippen LogP contribution in [0, 0.1) is 13.8 Å². The molecule has 2 aromatic rings. The summed E-state index contributed by atoms with van der Waals surface area (Å²) in [6.07, 6.45) is 3.78. The highest BCUT2D eigenvalue weighted by Crippen LogP contribution is 2.18. The van der Waals surface area contributed by atoms with Crippen LogP contribution in [0.4, 0.5) is 0 Å². The minimum absolute atomic E-state index is 0.0775. The van der Waals surface area contributed by atoms with E-state index in [1.54, 1.807) is 0 Å². The molecule has 1 aliphatic heterocycles. The highest BCUT2D eigenvalue weighted by Gasteiger charge is 2.17. The number of para-hydroxylation sites is 1. The lowest BCUT2D eigenvalue weighted by Gasteiger charge is -2.13. The maximum atomic E-state index is 12.1. The van der Waals surface area contributed by atoms with Crippen LogP contribution in [-0.4, -0.2) is 28.4 Å². The first-order chi connectivity index (χ1) is 11.6. The van der Waals surface area contributed by atoms with E-state index in [4.69, 9.17) is 4.74 Å². The van der Waals surface area contributed by atoms with Crippen LogP contribution >= 0.6 is 0 Å². The second-order valence-corrected chi connectivity index (χ2v) is 6.42. The van der Waals surface area contributed by atoms with Crippen molar-refractivity contribution in [2.45, 2.75) is 52.2 Å². The van der Waals surface area contributed by atoms with E-state index in [1.807, 2.05) is 42.8 Å². The van der Waals surface area contributed by atoms with Gasteiger partial charge in [0.15, 0.2) is 0 Å². The molecule has 5 nitrogen and oxygen atoms in total. The van der Waals surface area contributed by atoms with E-state index in [0.717, 1.165) is 48.5 Å². The van der Waals surface area contributed by atoms with E-state index in [2.05, 4.69) is 16.5 Å². The zero-order chi connectivity index (χ0) is 16.9. The van der Waals surface area contributed by atoms with Gasteiger partial charge in [-0.15, -0.1) is 0 Å². The fourth-order valence-corrected chi connectivity index (χ4v) is 3.19.